The van der Waals surface area contributed by atoms with Crippen molar-refractivity contribution in [1.29, 1.82) is 0 Å². The zero-order chi connectivity index (χ0) is 21.9. The summed E-state index contributed by atoms with van der Waals surface area (Å²) in [5.74, 6) is -0.0821. The lowest BCUT2D eigenvalue weighted by molar-refractivity contribution is -0.122. The Bertz CT molecular complexity index is 871. The van der Waals surface area contributed by atoms with E-state index in [2.05, 4.69) is 75.9 Å². The van der Waals surface area contributed by atoms with Crippen LogP contribution in [0.1, 0.15) is 22.3 Å². The predicted octanol–water partition coefficient (Wildman–Crippen LogP) is 3.41. The van der Waals surface area contributed by atoms with Crippen molar-refractivity contribution in [1.82, 2.24) is 15.2 Å². The van der Waals surface area contributed by atoms with Crippen molar-refractivity contribution in [2.75, 3.05) is 32.7 Å². The highest BCUT2D eigenvalue weighted by molar-refractivity contribution is 5.83. The monoisotopic (exact) mass is 416 g/mol. The molecule has 1 amide bonds. The molecule has 31 heavy (non-hydrogen) atoms. The van der Waals surface area contributed by atoms with E-state index in [4.69, 9.17) is 0 Å². The number of piperazine rings is 1. The second-order valence-corrected chi connectivity index (χ2v) is 7.90. The molecule has 0 radical (unpaired) electrons. The minimum Gasteiger partial charge on any atom is -0.297 e. The standard InChI is InChI=1S/C26H32N4O/c1-3-8-23-16-24(9-4-2)18-25(17-23)19-27-28-26(31)21-30-14-12-29(13-15-30)20-22-10-6-5-7-11-22/h3-7,10-11,16-19H,1-2,8-9,12-15,20-21H2,(H,28,31)/b27-19+. The van der Waals surface area contributed by atoms with Crippen molar-refractivity contribution in [3.8, 4) is 0 Å². The van der Waals surface area contributed by atoms with Gasteiger partial charge in [-0.1, -0.05) is 48.6 Å². The highest BCUT2D eigenvalue weighted by Crippen LogP contribution is 2.12. The van der Waals surface area contributed by atoms with Gasteiger partial charge >= 0.3 is 0 Å². The molecule has 2 aromatic rings. The molecular formula is C26H32N4O. The van der Waals surface area contributed by atoms with E-state index in [9.17, 15) is 4.79 Å². The summed E-state index contributed by atoms with van der Waals surface area (Å²) in [6, 6.07) is 16.8. The van der Waals surface area contributed by atoms with Crippen molar-refractivity contribution < 1.29 is 4.79 Å². The van der Waals surface area contributed by atoms with Gasteiger partial charge in [0.25, 0.3) is 5.91 Å². The second-order valence-electron chi connectivity index (χ2n) is 7.90. The van der Waals surface area contributed by atoms with E-state index in [0.717, 1.165) is 51.1 Å². The smallest absolute Gasteiger partial charge is 0.254 e. The van der Waals surface area contributed by atoms with Crippen LogP contribution in [0.2, 0.25) is 0 Å². The summed E-state index contributed by atoms with van der Waals surface area (Å²) in [6.45, 7) is 12.7. The molecule has 1 aliphatic rings. The van der Waals surface area contributed by atoms with Crippen LogP contribution < -0.4 is 5.43 Å². The van der Waals surface area contributed by atoms with Crippen molar-refractivity contribution in [3.05, 3.63) is 96.1 Å². The largest absolute Gasteiger partial charge is 0.297 e. The Kier molecular flexibility index (Phi) is 8.76. The Hall–Kier alpha value is -3.02. The molecule has 0 bridgehead atoms. The Morgan fingerprint density at radius 3 is 2.13 bits per heavy atom. The summed E-state index contributed by atoms with van der Waals surface area (Å²) >= 11 is 0. The maximum atomic E-state index is 12.3. The van der Waals surface area contributed by atoms with Crippen LogP contribution in [0.3, 0.4) is 0 Å². The predicted molar refractivity (Wildman–Crippen MR) is 128 cm³/mol. The molecule has 1 saturated heterocycles. The number of nitrogens with one attached hydrogen (secondary N) is 1. The summed E-state index contributed by atoms with van der Waals surface area (Å²) in [6.07, 6.45) is 7.07. The molecule has 0 aromatic heterocycles. The highest BCUT2D eigenvalue weighted by atomic mass is 16.2. The normalized spacial score (nSPS) is 15.1. The van der Waals surface area contributed by atoms with Crippen LogP contribution in [0.15, 0.2) is 78.9 Å². The SMILES string of the molecule is C=CCc1cc(/C=N/NC(=O)CN2CCN(Cc3ccccc3)CC2)cc(CC=C)c1. The van der Waals surface area contributed by atoms with Gasteiger partial charge in [-0.25, -0.2) is 5.43 Å². The number of hydrazone groups is 1. The van der Waals surface area contributed by atoms with Gasteiger partial charge in [0.05, 0.1) is 12.8 Å². The molecule has 2 aromatic carbocycles. The Morgan fingerprint density at radius 1 is 0.903 bits per heavy atom. The van der Waals surface area contributed by atoms with Crippen LogP contribution in [-0.4, -0.2) is 54.6 Å². The number of rotatable bonds is 10. The fourth-order valence-electron chi connectivity index (χ4n) is 3.80. The van der Waals surface area contributed by atoms with Gasteiger partial charge in [-0.3, -0.25) is 14.6 Å². The van der Waals surface area contributed by atoms with E-state index >= 15 is 0 Å². The van der Waals surface area contributed by atoms with E-state index in [-0.39, 0.29) is 5.91 Å². The number of carbonyl (C=O) groups is 1. The molecule has 1 aliphatic heterocycles. The van der Waals surface area contributed by atoms with Crippen molar-refractivity contribution in [3.63, 3.8) is 0 Å². The Balaban J connectivity index is 1.44. The van der Waals surface area contributed by atoms with Crippen molar-refractivity contribution in [2.45, 2.75) is 19.4 Å². The number of carbonyl (C=O) groups excluding carboxylic acids is 1. The van der Waals surface area contributed by atoms with Gasteiger partial charge in [0.2, 0.25) is 0 Å². The van der Waals surface area contributed by atoms with Crippen LogP contribution in [0.5, 0.6) is 0 Å². The lowest BCUT2D eigenvalue weighted by Crippen LogP contribution is -2.48. The fourth-order valence-corrected chi connectivity index (χ4v) is 3.80. The minimum atomic E-state index is -0.0821. The third kappa shape index (κ3) is 7.63. The third-order valence-electron chi connectivity index (χ3n) is 5.32. The summed E-state index contributed by atoms with van der Waals surface area (Å²) in [7, 11) is 0. The van der Waals surface area contributed by atoms with Gasteiger partial charge in [-0.15, -0.1) is 13.2 Å². The molecule has 5 heteroatoms. The molecular weight excluding hydrogens is 384 g/mol. The van der Waals surface area contributed by atoms with Crippen LogP contribution >= 0.6 is 0 Å². The zero-order valence-electron chi connectivity index (χ0n) is 18.2. The number of hydrogen-bond acceptors (Lipinski definition) is 4. The van der Waals surface area contributed by atoms with E-state index in [1.54, 1.807) is 6.21 Å². The van der Waals surface area contributed by atoms with E-state index in [1.165, 1.54) is 16.7 Å². The van der Waals surface area contributed by atoms with Crippen molar-refractivity contribution >= 4 is 12.1 Å². The zero-order valence-corrected chi connectivity index (χ0v) is 18.2. The molecule has 1 fully saturated rings. The molecule has 5 nitrogen and oxygen atoms in total. The molecule has 162 valence electrons. The second kappa shape index (κ2) is 12.0. The lowest BCUT2D eigenvalue weighted by atomic mass is 10.0. The average Bonchev–Trinajstić information content (AvgIpc) is 2.76. The molecule has 0 unspecified atom stereocenters. The first kappa shape index (κ1) is 22.7. The molecule has 0 saturated carbocycles. The van der Waals surface area contributed by atoms with Gasteiger partial charge in [0.15, 0.2) is 0 Å². The van der Waals surface area contributed by atoms with Gasteiger partial charge in [0, 0.05) is 32.7 Å². The minimum absolute atomic E-state index is 0.0821. The molecule has 3 rings (SSSR count). The van der Waals surface area contributed by atoms with Crippen molar-refractivity contribution in [2.24, 2.45) is 5.10 Å². The summed E-state index contributed by atoms with van der Waals surface area (Å²) in [4.78, 5) is 16.9. The molecule has 0 atom stereocenters. The van der Waals surface area contributed by atoms with Gasteiger partial charge in [-0.05, 0) is 47.2 Å². The maximum absolute atomic E-state index is 12.3. The van der Waals surface area contributed by atoms with Crippen LogP contribution in [0.4, 0.5) is 0 Å². The van der Waals surface area contributed by atoms with Crippen LogP contribution in [-0.2, 0) is 24.2 Å². The Morgan fingerprint density at radius 2 is 1.52 bits per heavy atom. The fraction of sp³-hybridized carbons (Fsp3) is 0.308. The van der Waals surface area contributed by atoms with Crippen LogP contribution in [0.25, 0.3) is 0 Å². The third-order valence-corrected chi connectivity index (χ3v) is 5.32. The molecule has 1 heterocycles. The maximum Gasteiger partial charge on any atom is 0.254 e. The van der Waals surface area contributed by atoms with Gasteiger partial charge in [-0.2, -0.15) is 5.10 Å². The summed E-state index contributed by atoms with van der Waals surface area (Å²) in [5.41, 5.74) is 7.31. The van der Waals surface area contributed by atoms with E-state index in [0.29, 0.717) is 6.54 Å². The number of allylic oxidation sites excluding steroid dienone is 2. The Labute approximate surface area is 185 Å². The first-order chi connectivity index (χ1) is 15.2. The highest BCUT2D eigenvalue weighted by Gasteiger charge is 2.18. The van der Waals surface area contributed by atoms with Gasteiger partial charge in [0.1, 0.15) is 0 Å². The molecule has 1 N–H and O–H groups in total. The van der Waals surface area contributed by atoms with Gasteiger partial charge < -0.3 is 0 Å². The summed E-state index contributed by atoms with van der Waals surface area (Å²) < 4.78 is 0. The number of benzene rings is 2. The van der Waals surface area contributed by atoms with E-state index in [1.807, 2.05) is 18.2 Å². The average molecular weight is 417 g/mol. The van der Waals surface area contributed by atoms with Crippen LogP contribution in [0, 0.1) is 0 Å². The number of hydrogen-bond donors (Lipinski definition) is 1. The molecule has 0 aliphatic carbocycles. The van der Waals surface area contributed by atoms with E-state index < -0.39 is 0 Å². The first-order valence-electron chi connectivity index (χ1n) is 10.8. The first-order valence-corrected chi connectivity index (χ1v) is 10.8. The number of amides is 1. The number of nitrogens with zero attached hydrogens (tertiary/aromatic N) is 3. The molecule has 0 spiro atoms. The topological polar surface area (TPSA) is 47.9 Å². The lowest BCUT2D eigenvalue weighted by Gasteiger charge is -2.34. The summed E-state index contributed by atoms with van der Waals surface area (Å²) in [5, 5.41) is 4.17. The quantitative estimate of drug-likeness (QED) is 0.367.